The van der Waals surface area contributed by atoms with Crippen molar-refractivity contribution >= 4 is 28.9 Å². The molecule has 0 spiro atoms. The molecule has 16 heavy (non-hydrogen) atoms. The van der Waals surface area contributed by atoms with Gasteiger partial charge in [0.25, 0.3) is 0 Å². The Morgan fingerprint density at radius 3 is 2.81 bits per heavy atom. The zero-order valence-electron chi connectivity index (χ0n) is 9.26. The molecule has 1 N–H and O–H groups in total. The maximum atomic E-state index is 6.06. The molecule has 2 heterocycles. The summed E-state index contributed by atoms with van der Waals surface area (Å²) < 4.78 is 5.49. The molecule has 0 aliphatic carbocycles. The highest BCUT2D eigenvalue weighted by atomic mass is 35.5. The van der Waals surface area contributed by atoms with E-state index in [2.05, 4.69) is 17.2 Å². The molecule has 0 saturated carbocycles. The van der Waals surface area contributed by atoms with E-state index < -0.39 is 0 Å². The summed E-state index contributed by atoms with van der Waals surface area (Å²) in [6.07, 6.45) is 1.19. The van der Waals surface area contributed by atoms with E-state index in [0.717, 1.165) is 24.3 Å². The van der Waals surface area contributed by atoms with E-state index in [9.17, 15) is 0 Å². The first-order valence-corrected chi connectivity index (χ1v) is 6.04. The SMILES string of the molecule is Cc1cc(Cl)nc(Cl)c1NC1CCOC1C. The lowest BCUT2D eigenvalue weighted by Gasteiger charge is -2.19. The fraction of sp³-hybridized carbons (Fsp3) is 0.545. The number of aromatic nitrogens is 1. The van der Waals surface area contributed by atoms with Gasteiger partial charge >= 0.3 is 0 Å². The van der Waals surface area contributed by atoms with Gasteiger partial charge in [-0.25, -0.2) is 4.98 Å². The van der Waals surface area contributed by atoms with Crippen molar-refractivity contribution in [2.45, 2.75) is 32.4 Å². The van der Waals surface area contributed by atoms with Gasteiger partial charge < -0.3 is 10.1 Å². The first kappa shape index (κ1) is 12.0. The van der Waals surface area contributed by atoms with Crippen LogP contribution in [0.2, 0.25) is 10.3 Å². The van der Waals surface area contributed by atoms with Crippen LogP contribution in [0, 0.1) is 6.92 Å². The third-order valence-corrected chi connectivity index (χ3v) is 3.31. The summed E-state index contributed by atoms with van der Waals surface area (Å²) in [7, 11) is 0. The van der Waals surface area contributed by atoms with E-state index in [1.165, 1.54) is 0 Å². The zero-order chi connectivity index (χ0) is 11.7. The van der Waals surface area contributed by atoms with Gasteiger partial charge in [-0.15, -0.1) is 0 Å². The largest absolute Gasteiger partial charge is 0.377 e. The fourth-order valence-corrected chi connectivity index (χ4v) is 2.46. The number of nitrogens with one attached hydrogen (secondary N) is 1. The molecule has 1 aliphatic heterocycles. The minimum Gasteiger partial charge on any atom is -0.377 e. The van der Waals surface area contributed by atoms with Crippen molar-refractivity contribution in [3.63, 3.8) is 0 Å². The van der Waals surface area contributed by atoms with Gasteiger partial charge in [-0.1, -0.05) is 23.2 Å². The molecular formula is C11H14Cl2N2O. The van der Waals surface area contributed by atoms with E-state index in [1.54, 1.807) is 6.07 Å². The summed E-state index contributed by atoms with van der Waals surface area (Å²) in [6, 6.07) is 2.09. The van der Waals surface area contributed by atoms with Crippen LogP contribution in [0.15, 0.2) is 6.07 Å². The minimum atomic E-state index is 0.200. The summed E-state index contributed by atoms with van der Waals surface area (Å²) >= 11 is 11.9. The zero-order valence-corrected chi connectivity index (χ0v) is 10.8. The topological polar surface area (TPSA) is 34.2 Å². The van der Waals surface area contributed by atoms with Crippen LogP contribution in [0.4, 0.5) is 5.69 Å². The molecule has 0 aromatic carbocycles. The van der Waals surface area contributed by atoms with E-state index >= 15 is 0 Å². The number of hydrogen-bond donors (Lipinski definition) is 1. The standard InChI is InChI=1S/C11H14Cl2N2O/c1-6-5-9(12)15-11(13)10(6)14-8-3-4-16-7(8)2/h5,7-8,14H,3-4H2,1-2H3. The number of rotatable bonds is 2. The maximum absolute atomic E-state index is 6.06. The van der Waals surface area contributed by atoms with Gasteiger partial charge in [-0.2, -0.15) is 0 Å². The number of nitrogens with zero attached hydrogens (tertiary/aromatic N) is 1. The first-order valence-electron chi connectivity index (χ1n) is 5.28. The summed E-state index contributed by atoms with van der Waals surface area (Å²) in [5.74, 6) is 0. The van der Waals surface area contributed by atoms with Crippen molar-refractivity contribution in [3.05, 3.63) is 21.9 Å². The van der Waals surface area contributed by atoms with Gasteiger partial charge in [-0.05, 0) is 31.9 Å². The Labute approximate surface area is 105 Å². The van der Waals surface area contributed by atoms with E-state index in [1.807, 2.05) is 6.92 Å². The summed E-state index contributed by atoms with van der Waals surface area (Å²) in [4.78, 5) is 4.03. The molecule has 1 aromatic rings. The number of anilines is 1. The molecule has 1 aromatic heterocycles. The number of halogens is 2. The third-order valence-electron chi connectivity index (χ3n) is 2.85. The monoisotopic (exact) mass is 260 g/mol. The Bertz CT molecular complexity index is 375. The Balaban J connectivity index is 2.21. The highest BCUT2D eigenvalue weighted by Crippen LogP contribution is 2.29. The van der Waals surface area contributed by atoms with Crippen LogP contribution >= 0.6 is 23.2 Å². The molecule has 3 nitrogen and oxygen atoms in total. The second-order valence-electron chi connectivity index (χ2n) is 4.04. The van der Waals surface area contributed by atoms with Gasteiger partial charge in [0.15, 0.2) is 5.15 Å². The molecule has 88 valence electrons. The number of pyridine rings is 1. The van der Waals surface area contributed by atoms with E-state index in [-0.39, 0.29) is 6.10 Å². The Kier molecular flexibility index (Phi) is 3.57. The molecule has 0 bridgehead atoms. The molecule has 1 aliphatic rings. The predicted octanol–water partition coefficient (Wildman–Crippen LogP) is 3.29. The highest BCUT2D eigenvalue weighted by molar-refractivity contribution is 6.34. The fourth-order valence-electron chi connectivity index (χ4n) is 1.88. The van der Waals surface area contributed by atoms with Crippen LogP contribution in [0.1, 0.15) is 18.9 Å². The molecule has 2 unspecified atom stereocenters. The van der Waals surface area contributed by atoms with Crippen LogP contribution in [-0.4, -0.2) is 23.7 Å². The second kappa shape index (κ2) is 4.78. The lowest BCUT2D eigenvalue weighted by Crippen LogP contribution is -2.27. The Morgan fingerprint density at radius 2 is 2.25 bits per heavy atom. The van der Waals surface area contributed by atoms with Crippen molar-refractivity contribution in [1.82, 2.24) is 4.98 Å². The number of hydrogen-bond acceptors (Lipinski definition) is 3. The van der Waals surface area contributed by atoms with Crippen LogP contribution in [0.5, 0.6) is 0 Å². The molecule has 0 radical (unpaired) electrons. The van der Waals surface area contributed by atoms with Crippen molar-refractivity contribution < 1.29 is 4.74 Å². The molecule has 0 amide bonds. The van der Waals surface area contributed by atoms with Crippen molar-refractivity contribution in [2.24, 2.45) is 0 Å². The van der Waals surface area contributed by atoms with Crippen LogP contribution < -0.4 is 5.32 Å². The van der Waals surface area contributed by atoms with Gasteiger partial charge in [-0.3, -0.25) is 0 Å². The van der Waals surface area contributed by atoms with Gasteiger partial charge in [0.2, 0.25) is 0 Å². The van der Waals surface area contributed by atoms with Crippen molar-refractivity contribution in [3.8, 4) is 0 Å². The minimum absolute atomic E-state index is 0.200. The Hall–Kier alpha value is -0.510. The van der Waals surface area contributed by atoms with E-state index in [4.69, 9.17) is 27.9 Å². The highest BCUT2D eigenvalue weighted by Gasteiger charge is 2.25. The average molecular weight is 261 g/mol. The normalized spacial score (nSPS) is 24.8. The van der Waals surface area contributed by atoms with Crippen LogP contribution in [-0.2, 0) is 4.74 Å². The quantitative estimate of drug-likeness (QED) is 0.829. The van der Waals surface area contributed by atoms with Crippen molar-refractivity contribution in [2.75, 3.05) is 11.9 Å². The molecule has 5 heteroatoms. The molecule has 1 fully saturated rings. The van der Waals surface area contributed by atoms with E-state index in [0.29, 0.717) is 16.3 Å². The summed E-state index contributed by atoms with van der Waals surface area (Å²) in [6.45, 7) is 4.80. The first-order chi connectivity index (χ1) is 7.58. The average Bonchev–Trinajstić information content (AvgIpc) is 2.57. The molecule has 1 saturated heterocycles. The van der Waals surface area contributed by atoms with Gasteiger partial charge in [0.1, 0.15) is 5.15 Å². The number of aryl methyl sites for hydroxylation is 1. The van der Waals surface area contributed by atoms with Crippen LogP contribution in [0.3, 0.4) is 0 Å². The van der Waals surface area contributed by atoms with Crippen molar-refractivity contribution in [1.29, 1.82) is 0 Å². The molecule has 2 rings (SSSR count). The van der Waals surface area contributed by atoms with Gasteiger partial charge in [0, 0.05) is 6.61 Å². The van der Waals surface area contributed by atoms with Gasteiger partial charge in [0.05, 0.1) is 17.8 Å². The molecule has 2 atom stereocenters. The predicted molar refractivity (Wildman–Crippen MR) is 66.4 cm³/mol. The summed E-state index contributed by atoms with van der Waals surface area (Å²) in [5.41, 5.74) is 1.86. The maximum Gasteiger partial charge on any atom is 0.154 e. The summed E-state index contributed by atoms with van der Waals surface area (Å²) in [5, 5.41) is 4.22. The lowest BCUT2D eigenvalue weighted by atomic mass is 10.1. The Morgan fingerprint density at radius 1 is 1.50 bits per heavy atom. The number of ether oxygens (including phenoxy) is 1. The third kappa shape index (κ3) is 2.42. The second-order valence-corrected chi connectivity index (χ2v) is 4.79. The smallest absolute Gasteiger partial charge is 0.154 e. The van der Waals surface area contributed by atoms with Crippen LogP contribution in [0.25, 0.3) is 0 Å². The lowest BCUT2D eigenvalue weighted by molar-refractivity contribution is 0.121. The molecular weight excluding hydrogens is 247 g/mol.